The second kappa shape index (κ2) is 5.07. The van der Waals surface area contributed by atoms with Crippen molar-refractivity contribution in [1.82, 2.24) is 4.57 Å². The van der Waals surface area contributed by atoms with Crippen molar-refractivity contribution in [3.8, 4) is 17.2 Å². The first-order valence-electron chi connectivity index (χ1n) is 5.95. The number of aromatic nitrogens is 1. The van der Waals surface area contributed by atoms with Crippen LogP contribution in [0.25, 0.3) is 11.1 Å². The highest BCUT2D eigenvalue weighted by molar-refractivity contribution is 5.69. The highest BCUT2D eigenvalue weighted by Crippen LogP contribution is 2.21. The van der Waals surface area contributed by atoms with Crippen molar-refractivity contribution in [1.29, 1.82) is 5.26 Å². The number of halogens is 1. The van der Waals surface area contributed by atoms with Gasteiger partial charge in [-0.2, -0.15) is 5.26 Å². The molecule has 0 aliphatic carbocycles. The van der Waals surface area contributed by atoms with Crippen molar-refractivity contribution in [2.75, 3.05) is 0 Å². The first kappa shape index (κ1) is 13.0. The quantitative estimate of drug-likeness (QED) is 0.828. The fraction of sp³-hybridized carbons (Fsp3) is 0.200. The van der Waals surface area contributed by atoms with E-state index in [4.69, 9.17) is 0 Å². The topological polar surface area (TPSA) is 45.8 Å². The number of hydrogen-bond donors (Lipinski definition) is 0. The minimum atomic E-state index is -0.349. The third-order valence-electron chi connectivity index (χ3n) is 2.94. The maximum atomic E-state index is 12.9. The molecule has 3 nitrogen and oxygen atoms in total. The predicted molar refractivity (Wildman–Crippen MR) is 71.2 cm³/mol. The van der Waals surface area contributed by atoms with Crippen LogP contribution in [-0.2, 0) is 0 Å². The first-order chi connectivity index (χ1) is 9.04. The van der Waals surface area contributed by atoms with E-state index in [9.17, 15) is 14.4 Å². The molecule has 1 aromatic heterocycles. The summed E-state index contributed by atoms with van der Waals surface area (Å²) in [4.78, 5) is 12.2. The molecule has 2 aromatic rings. The van der Waals surface area contributed by atoms with Crippen LogP contribution in [0.2, 0.25) is 0 Å². The standard InChI is InChI=1S/C15H13FN2O/c1-10(2)18-8-7-13(14(9-17)15(18)19)11-3-5-12(16)6-4-11/h3-8,10H,1-2H3. The number of pyridine rings is 1. The Morgan fingerprint density at radius 3 is 2.37 bits per heavy atom. The zero-order valence-corrected chi connectivity index (χ0v) is 10.7. The van der Waals surface area contributed by atoms with Crippen LogP contribution in [0.3, 0.4) is 0 Å². The van der Waals surface area contributed by atoms with Crippen LogP contribution in [0, 0.1) is 17.1 Å². The van der Waals surface area contributed by atoms with Crippen LogP contribution < -0.4 is 5.56 Å². The molecule has 0 aliphatic heterocycles. The second-order valence-corrected chi connectivity index (χ2v) is 4.53. The average Bonchev–Trinajstić information content (AvgIpc) is 2.38. The molecule has 0 fully saturated rings. The largest absolute Gasteiger partial charge is 0.312 e. The van der Waals surface area contributed by atoms with Crippen LogP contribution in [-0.4, -0.2) is 4.57 Å². The van der Waals surface area contributed by atoms with Crippen LogP contribution in [0.4, 0.5) is 4.39 Å². The van der Waals surface area contributed by atoms with E-state index in [1.165, 1.54) is 16.7 Å². The average molecular weight is 256 g/mol. The number of benzene rings is 1. The second-order valence-electron chi connectivity index (χ2n) is 4.53. The van der Waals surface area contributed by atoms with Gasteiger partial charge in [0.25, 0.3) is 5.56 Å². The van der Waals surface area contributed by atoms with Gasteiger partial charge in [-0.3, -0.25) is 4.79 Å². The molecule has 2 rings (SSSR count). The smallest absolute Gasteiger partial charge is 0.269 e. The van der Waals surface area contributed by atoms with E-state index in [0.29, 0.717) is 11.1 Å². The van der Waals surface area contributed by atoms with Crippen molar-refractivity contribution in [3.05, 3.63) is 58.3 Å². The molecule has 0 N–H and O–H groups in total. The lowest BCUT2D eigenvalue weighted by Gasteiger charge is -2.12. The van der Waals surface area contributed by atoms with Gasteiger partial charge in [0.05, 0.1) is 0 Å². The van der Waals surface area contributed by atoms with E-state index < -0.39 is 0 Å². The van der Waals surface area contributed by atoms with E-state index in [-0.39, 0.29) is 23.0 Å². The van der Waals surface area contributed by atoms with Gasteiger partial charge in [-0.25, -0.2) is 4.39 Å². The predicted octanol–water partition coefficient (Wildman–Crippen LogP) is 3.11. The molecular formula is C15H13FN2O. The van der Waals surface area contributed by atoms with E-state index in [1.54, 1.807) is 24.4 Å². The summed E-state index contributed by atoms with van der Waals surface area (Å²) in [7, 11) is 0. The van der Waals surface area contributed by atoms with Crippen molar-refractivity contribution in [2.45, 2.75) is 19.9 Å². The van der Waals surface area contributed by atoms with Gasteiger partial charge in [0.1, 0.15) is 17.4 Å². The zero-order chi connectivity index (χ0) is 14.0. The van der Waals surface area contributed by atoms with E-state index in [1.807, 2.05) is 19.9 Å². The Labute approximate surface area is 110 Å². The Morgan fingerprint density at radius 1 is 1.21 bits per heavy atom. The summed E-state index contributed by atoms with van der Waals surface area (Å²) in [6.07, 6.45) is 1.66. The summed E-state index contributed by atoms with van der Waals surface area (Å²) in [5.41, 5.74) is 0.956. The van der Waals surface area contributed by atoms with Gasteiger partial charge >= 0.3 is 0 Å². The van der Waals surface area contributed by atoms with Gasteiger partial charge in [0, 0.05) is 17.8 Å². The Morgan fingerprint density at radius 2 is 1.84 bits per heavy atom. The molecule has 0 bridgehead atoms. The van der Waals surface area contributed by atoms with E-state index in [0.717, 1.165) is 0 Å². The summed E-state index contributed by atoms with van der Waals surface area (Å²) in [6.45, 7) is 3.75. The molecule has 4 heteroatoms. The van der Waals surface area contributed by atoms with Crippen LogP contribution >= 0.6 is 0 Å². The molecule has 96 valence electrons. The van der Waals surface area contributed by atoms with Gasteiger partial charge in [-0.1, -0.05) is 12.1 Å². The zero-order valence-electron chi connectivity index (χ0n) is 10.7. The lowest BCUT2D eigenvalue weighted by atomic mass is 10.0. The Bertz CT molecular complexity index is 694. The first-order valence-corrected chi connectivity index (χ1v) is 5.95. The molecule has 19 heavy (non-hydrogen) atoms. The number of nitrogens with zero attached hydrogens (tertiary/aromatic N) is 2. The summed E-state index contributed by atoms with van der Waals surface area (Å²) < 4.78 is 14.4. The van der Waals surface area contributed by atoms with E-state index >= 15 is 0 Å². The molecule has 0 aliphatic rings. The molecular weight excluding hydrogens is 243 g/mol. The fourth-order valence-corrected chi connectivity index (χ4v) is 1.93. The molecule has 1 heterocycles. The minimum absolute atomic E-state index is 0.0122. The van der Waals surface area contributed by atoms with Crippen molar-refractivity contribution in [3.63, 3.8) is 0 Å². The van der Waals surface area contributed by atoms with Crippen LogP contribution in [0.1, 0.15) is 25.5 Å². The Balaban J connectivity index is 2.66. The van der Waals surface area contributed by atoms with Crippen molar-refractivity contribution in [2.24, 2.45) is 0 Å². The molecule has 0 unspecified atom stereocenters. The molecule has 0 atom stereocenters. The lowest BCUT2D eigenvalue weighted by Crippen LogP contribution is -2.24. The molecule has 0 radical (unpaired) electrons. The van der Waals surface area contributed by atoms with Crippen LogP contribution in [0.5, 0.6) is 0 Å². The van der Waals surface area contributed by atoms with Crippen molar-refractivity contribution < 1.29 is 4.39 Å². The summed E-state index contributed by atoms with van der Waals surface area (Å²) in [6, 6.07) is 9.39. The maximum Gasteiger partial charge on any atom is 0.269 e. The summed E-state index contributed by atoms with van der Waals surface area (Å²) in [5, 5.41) is 9.18. The molecule has 0 spiro atoms. The lowest BCUT2D eigenvalue weighted by molar-refractivity contribution is 0.577. The molecule has 0 saturated carbocycles. The highest BCUT2D eigenvalue weighted by Gasteiger charge is 2.12. The monoisotopic (exact) mass is 256 g/mol. The number of hydrogen-bond acceptors (Lipinski definition) is 2. The summed E-state index contributed by atoms with van der Waals surface area (Å²) >= 11 is 0. The highest BCUT2D eigenvalue weighted by atomic mass is 19.1. The van der Waals surface area contributed by atoms with Gasteiger partial charge in [0.15, 0.2) is 0 Å². The SMILES string of the molecule is CC(C)n1ccc(-c2ccc(F)cc2)c(C#N)c1=O. The Kier molecular flexibility index (Phi) is 3.48. The number of nitriles is 1. The molecule has 0 amide bonds. The molecule has 0 saturated heterocycles. The Hall–Kier alpha value is -2.41. The van der Waals surface area contributed by atoms with Gasteiger partial charge in [0.2, 0.25) is 0 Å². The molecule has 1 aromatic carbocycles. The normalized spacial score (nSPS) is 10.5. The van der Waals surface area contributed by atoms with Gasteiger partial charge in [-0.15, -0.1) is 0 Å². The van der Waals surface area contributed by atoms with Crippen LogP contribution in [0.15, 0.2) is 41.3 Å². The maximum absolute atomic E-state index is 12.9. The van der Waals surface area contributed by atoms with Gasteiger partial charge < -0.3 is 4.57 Å². The van der Waals surface area contributed by atoms with Crippen molar-refractivity contribution >= 4 is 0 Å². The summed E-state index contributed by atoms with van der Waals surface area (Å²) in [5.74, 6) is -0.349. The minimum Gasteiger partial charge on any atom is -0.312 e. The van der Waals surface area contributed by atoms with Gasteiger partial charge in [-0.05, 0) is 37.6 Å². The number of rotatable bonds is 2. The fourth-order valence-electron chi connectivity index (χ4n) is 1.93. The van der Waals surface area contributed by atoms with E-state index in [2.05, 4.69) is 0 Å². The third kappa shape index (κ3) is 2.41. The third-order valence-corrected chi connectivity index (χ3v) is 2.94.